The first-order valence-corrected chi connectivity index (χ1v) is 7.82. The second-order valence-corrected chi connectivity index (χ2v) is 7.38. The van der Waals surface area contributed by atoms with E-state index in [2.05, 4.69) is 44.5 Å². The third-order valence-corrected chi connectivity index (χ3v) is 5.19. The highest BCUT2D eigenvalue weighted by Gasteiger charge is 2.32. The quantitative estimate of drug-likeness (QED) is 0.923. The molecule has 0 amide bonds. The second-order valence-electron chi connectivity index (χ2n) is 6.32. The standard InChI is InChI=1S/C14H26N4S/c1-10(2)12-11(8-15)19-13(16-12)18-7-6-17(5)14(3,4)9-18/h10H,6-9,15H2,1-5H3. The summed E-state index contributed by atoms with van der Waals surface area (Å²) >= 11 is 1.77. The van der Waals surface area contributed by atoms with Gasteiger partial charge in [-0.15, -0.1) is 11.3 Å². The lowest BCUT2D eigenvalue weighted by Crippen LogP contribution is -2.57. The van der Waals surface area contributed by atoms with E-state index in [0.717, 1.165) is 24.8 Å². The fourth-order valence-corrected chi connectivity index (χ4v) is 3.61. The fourth-order valence-electron chi connectivity index (χ4n) is 2.49. The number of anilines is 1. The number of piperazine rings is 1. The number of likely N-dealkylation sites (N-methyl/N-ethyl adjacent to an activating group) is 1. The van der Waals surface area contributed by atoms with Gasteiger partial charge in [0.05, 0.1) is 5.69 Å². The number of hydrogen-bond acceptors (Lipinski definition) is 5. The molecule has 0 bridgehead atoms. The van der Waals surface area contributed by atoms with Crippen LogP contribution in [0.3, 0.4) is 0 Å². The van der Waals surface area contributed by atoms with Crippen LogP contribution in [0.4, 0.5) is 5.13 Å². The van der Waals surface area contributed by atoms with Gasteiger partial charge in [0.25, 0.3) is 0 Å². The molecule has 0 aliphatic carbocycles. The molecule has 0 spiro atoms. The predicted molar refractivity (Wildman–Crippen MR) is 83.0 cm³/mol. The number of thiazole rings is 1. The Balaban J connectivity index is 2.23. The van der Waals surface area contributed by atoms with Crippen molar-refractivity contribution >= 4 is 16.5 Å². The zero-order valence-corrected chi connectivity index (χ0v) is 13.5. The molecule has 2 N–H and O–H groups in total. The topological polar surface area (TPSA) is 45.4 Å². The first-order chi connectivity index (χ1) is 8.85. The average Bonchev–Trinajstić information content (AvgIpc) is 2.76. The molecular formula is C14H26N4S. The summed E-state index contributed by atoms with van der Waals surface area (Å²) in [6.07, 6.45) is 0. The molecule has 5 heteroatoms. The van der Waals surface area contributed by atoms with Crippen molar-refractivity contribution in [3.05, 3.63) is 10.6 Å². The van der Waals surface area contributed by atoms with Crippen molar-refractivity contribution in [3.8, 4) is 0 Å². The second kappa shape index (κ2) is 5.38. The van der Waals surface area contributed by atoms with E-state index in [1.807, 2.05) is 0 Å². The van der Waals surface area contributed by atoms with Crippen LogP contribution in [-0.4, -0.2) is 42.1 Å². The maximum Gasteiger partial charge on any atom is 0.185 e. The van der Waals surface area contributed by atoms with Crippen LogP contribution in [0, 0.1) is 0 Å². The summed E-state index contributed by atoms with van der Waals surface area (Å²) in [7, 11) is 2.20. The number of rotatable bonds is 3. The number of nitrogens with zero attached hydrogens (tertiary/aromatic N) is 3. The van der Waals surface area contributed by atoms with E-state index in [0.29, 0.717) is 12.5 Å². The molecule has 0 unspecified atom stereocenters. The zero-order valence-electron chi connectivity index (χ0n) is 12.7. The van der Waals surface area contributed by atoms with Crippen molar-refractivity contribution in [2.24, 2.45) is 5.73 Å². The normalized spacial score (nSPS) is 20.3. The van der Waals surface area contributed by atoms with Crippen LogP contribution in [0.2, 0.25) is 0 Å². The highest BCUT2D eigenvalue weighted by molar-refractivity contribution is 7.15. The molecule has 0 aromatic carbocycles. The van der Waals surface area contributed by atoms with Gasteiger partial charge in [0.15, 0.2) is 5.13 Å². The van der Waals surface area contributed by atoms with Gasteiger partial charge < -0.3 is 10.6 Å². The van der Waals surface area contributed by atoms with E-state index in [-0.39, 0.29) is 5.54 Å². The van der Waals surface area contributed by atoms with E-state index in [1.54, 1.807) is 11.3 Å². The van der Waals surface area contributed by atoms with Crippen LogP contribution < -0.4 is 10.6 Å². The van der Waals surface area contributed by atoms with Crippen molar-refractivity contribution in [1.82, 2.24) is 9.88 Å². The Labute approximate surface area is 120 Å². The van der Waals surface area contributed by atoms with Crippen LogP contribution >= 0.6 is 11.3 Å². The molecule has 1 saturated heterocycles. The van der Waals surface area contributed by atoms with Crippen molar-refractivity contribution in [2.45, 2.75) is 45.7 Å². The van der Waals surface area contributed by atoms with E-state index in [4.69, 9.17) is 10.7 Å². The third-order valence-electron chi connectivity index (χ3n) is 4.04. The summed E-state index contributed by atoms with van der Waals surface area (Å²) in [5.41, 5.74) is 7.23. The van der Waals surface area contributed by atoms with Gasteiger partial charge in [-0.2, -0.15) is 0 Å². The lowest BCUT2D eigenvalue weighted by Gasteiger charge is -2.45. The predicted octanol–water partition coefficient (Wildman–Crippen LogP) is 2.26. The molecule has 1 aliphatic rings. The molecule has 0 saturated carbocycles. The first kappa shape index (κ1) is 14.8. The lowest BCUT2D eigenvalue weighted by atomic mass is 10.0. The van der Waals surface area contributed by atoms with Gasteiger partial charge in [0.1, 0.15) is 0 Å². The molecule has 2 rings (SSSR count). The minimum Gasteiger partial charge on any atom is -0.345 e. The van der Waals surface area contributed by atoms with Gasteiger partial charge >= 0.3 is 0 Å². The molecule has 0 atom stereocenters. The van der Waals surface area contributed by atoms with Crippen LogP contribution in [0.25, 0.3) is 0 Å². The van der Waals surface area contributed by atoms with E-state index >= 15 is 0 Å². The van der Waals surface area contributed by atoms with Crippen LogP contribution in [0.15, 0.2) is 0 Å². The SMILES string of the molecule is CC(C)c1nc(N2CCN(C)C(C)(C)C2)sc1CN. The maximum absolute atomic E-state index is 5.85. The Morgan fingerprint density at radius 2 is 2.05 bits per heavy atom. The molecular weight excluding hydrogens is 256 g/mol. The van der Waals surface area contributed by atoms with Gasteiger partial charge in [0, 0.05) is 36.6 Å². The summed E-state index contributed by atoms with van der Waals surface area (Å²) in [5, 5.41) is 1.14. The Hall–Kier alpha value is -0.650. The summed E-state index contributed by atoms with van der Waals surface area (Å²) < 4.78 is 0. The number of aromatic nitrogens is 1. The molecule has 1 aromatic heterocycles. The number of nitrogens with two attached hydrogens (primary N) is 1. The van der Waals surface area contributed by atoms with Crippen LogP contribution in [-0.2, 0) is 6.54 Å². The highest BCUT2D eigenvalue weighted by atomic mass is 32.1. The summed E-state index contributed by atoms with van der Waals surface area (Å²) in [5.74, 6) is 0.448. The molecule has 108 valence electrons. The molecule has 1 fully saturated rings. The van der Waals surface area contributed by atoms with Gasteiger partial charge in [-0.1, -0.05) is 13.8 Å². The largest absolute Gasteiger partial charge is 0.345 e. The maximum atomic E-state index is 5.85. The molecule has 1 aliphatic heterocycles. The van der Waals surface area contributed by atoms with Crippen molar-refractivity contribution in [1.29, 1.82) is 0 Å². The molecule has 0 radical (unpaired) electrons. The third kappa shape index (κ3) is 2.93. The Morgan fingerprint density at radius 1 is 1.37 bits per heavy atom. The van der Waals surface area contributed by atoms with Crippen LogP contribution in [0.5, 0.6) is 0 Å². The van der Waals surface area contributed by atoms with Crippen molar-refractivity contribution in [2.75, 3.05) is 31.6 Å². The summed E-state index contributed by atoms with van der Waals surface area (Å²) in [6.45, 7) is 12.7. The first-order valence-electron chi connectivity index (χ1n) is 7.01. The monoisotopic (exact) mass is 282 g/mol. The summed E-state index contributed by atoms with van der Waals surface area (Å²) in [4.78, 5) is 10.9. The Bertz CT molecular complexity index is 439. The van der Waals surface area contributed by atoms with Gasteiger partial charge in [-0.3, -0.25) is 4.90 Å². The number of hydrogen-bond donors (Lipinski definition) is 1. The van der Waals surface area contributed by atoms with Crippen LogP contribution in [0.1, 0.15) is 44.2 Å². The van der Waals surface area contributed by atoms with Gasteiger partial charge in [-0.25, -0.2) is 4.98 Å². The van der Waals surface area contributed by atoms with E-state index in [1.165, 1.54) is 10.6 Å². The minimum absolute atomic E-state index is 0.199. The highest BCUT2D eigenvalue weighted by Crippen LogP contribution is 2.32. The zero-order chi connectivity index (χ0) is 14.2. The molecule has 1 aromatic rings. The Kier molecular flexibility index (Phi) is 4.18. The molecule has 19 heavy (non-hydrogen) atoms. The van der Waals surface area contributed by atoms with Gasteiger partial charge in [-0.05, 0) is 26.8 Å². The fraction of sp³-hybridized carbons (Fsp3) is 0.786. The Morgan fingerprint density at radius 3 is 2.53 bits per heavy atom. The molecule has 4 nitrogen and oxygen atoms in total. The van der Waals surface area contributed by atoms with Gasteiger partial charge in [0.2, 0.25) is 0 Å². The smallest absolute Gasteiger partial charge is 0.185 e. The lowest BCUT2D eigenvalue weighted by molar-refractivity contribution is 0.139. The van der Waals surface area contributed by atoms with Crippen molar-refractivity contribution in [3.63, 3.8) is 0 Å². The van der Waals surface area contributed by atoms with E-state index < -0.39 is 0 Å². The summed E-state index contributed by atoms with van der Waals surface area (Å²) in [6, 6.07) is 0. The minimum atomic E-state index is 0.199. The molecule has 2 heterocycles. The van der Waals surface area contributed by atoms with E-state index in [9.17, 15) is 0 Å². The van der Waals surface area contributed by atoms with Crippen molar-refractivity contribution < 1.29 is 0 Å². The average molecular weight is 282 g/mol.